The number of unbranched alkanes of at least 4 members (excludes halogenated alkanes) is 1. The maximum absolute atomic E-state index is 14.6. The summed E-state index contributed by atoms with van der Waals surface area (Å²) >= 11 is 0. The lowest BCUT2D eigenvalue weighted by Gasteiger charge is -2.41. The van der Waals surface area contributed by atoms with Gasteiger partial charge in [-0.25, -0.2) is 9.36 Å². The van der Waals surface area contributed by atoms with Crippen LogP contribution in [-0.2, 0) is 98.4 Å². The molecule has 110 heavy (non-hydrogen) atoms. The fourth-order valence-corrected chi connectivity index (χ4v) is 14.5. The summed E-state index contributed by atoms with van der Waals surface area (Å²) in [5.41, 5.74) is 13.3. The van der Waals surface area contributed by atoms with E-state index in [0.717, 1.165) is 0 Å². The number of cyclic esters (lactones) is 1. The first-order chi connectivity index (χ1) is 52.1. The lowest BCUT2D eigenvalue weighted by atomic mass is 9.89. The minimum absolute atomic E-state index is 0.0186. The second kappa shape index (κ2) is 45.5. The van der Waals surface area contributed by atoms with Gasteiger partial charge in [-0.2, -0.15) is 0 Å². The molecular weight excluding hydrogens is 1440 g/mol. The normalized spacial score (nSPS) is 18.1. The van der Waals surface area contributed by atoms with Crippen LogP contribution in [0.5, 0.6) is 0 Å². The zero-order valence-corrected chi connectivity index (χ0v) is 66.5. The Balaban J connectivity index is 1.13. The van der Waals surface area contributed by atoms with Gasteiger partial charge < -0.3 is 88.2 Å². The van der Waals surface area contributed by atoms with E-state index < -0.39 is 172 Å². The van der Waals surface area contributed by atoms with Crippen LogP contribution in [0, 0.1) is 23.7 Å². The van der Waals surface area contributed by atoms with Crippen LogP contribution in [-0.4, -0.2) is 232 Å². The molecule has 3 aromatic carbocycles. The van der Waals surface area contributed by atoms with E-state index in [1.807, 2.05) is 60.5 Å². The van der Waals surface area contributed by atoms with Crippen molar-refractivity contribution >= 4 is 84.5 Å². The van der Waals surface area contributed by atoms with E-state index in [9.17, 15) is 67.0 Å². The molecule has 2 aliphatic rings. The maximum Gasteiger partial charge on any atom is 0.473 e. The number of likely N-dealkylation sites (tertiary alicyclic amines) is 1. The Morgan fingerprint density at radius 1 is 0.682 bits per heavy atom. The lowest BCUT2D eigenvalue weighted by Crippen LogP contribution is -2.59. The van der Waals surface area contributed by atoms with Crippen LogP contribution in [0.2, 0.25) is 0 Å². The van der Waals surface area contributed by atoms with Gasteiger partial charge in [-0.05, 0) is 106 Å². The molecule has 11 amide bonds. The number of rotatable bonds is 46. The molecule has 1 unspecified atom stereocenters. The van der Waals surface area contributed by atoms with Gasteiger partial charge >= 0.3 is 13.8 Å². The van der Waals surface area contributed by atoms with Gasteiger partial charge in [0, 0.05) is 46.3 Å². The molecule has 0 aliphatic carbocycles. The number of likely N-dealkylation sites (N-methyl/N-ethyl adjacent to an activating group) is 2. The van der Waals surface area contributed by atoms with E-state index in [-0.39, 0.29) is 73.5 Å². The summed E-state index contributed by atoms with van der Waals surface area (Å²) in [6, 6.07) is 15.1. The first-order valence-electron chi connectivity index (χ1n) is 37.5. The number of nitrogens with zero attached hydrogens (tertiary/aromatic N) is 3. The third-order valence-corrected chi connectivity index (χ3v) is 20.5. The molecule has 0 bridgehead atoms. The van der Waals surface area contributed by atoms with Gasteiger partial charge in [-0.15, -0.1) is 0 Å². The topological polar surface area (TPSA) is 458 Å². The molecule has 0 aromatic heterocycles. The monoisotopic (exact) mass is 1560 g/mol. The number of hydrogen-bond acceptors (Lipinski definition) is 21. The Labute approximate surface area is 644 Å². The number of esters is 1. The van der Waals surface area contributed by atoms with Gasteiger partial charge in [0.25, 0.3) is 0 Å². The molecule has 34 heteroatoms. The van der Waals surface area contributed by atoms with E-state index in [4.69, 9.17) is 34.7 Å². The van der Waals surface area contributed by atoms with Crippen LogP contribution in [0.4, 0.5) is 5.69 Å². The first kappa shape index (κ1) is 91.8. The number of nitrogens with one attached hydrogen (secondary N) is 9. The van der Waals surface area contributed by atoms with Crippen molar-refractivity contribution in [2.24, 2.45) is 35.1 Å². The molecular formula is C76H117N14O19P. The summed E-state index contributed by atoms with van der Waals surface area (Å²) < 4.78 is 42.2. The fourth-order valence-electron chi connectivity index (χ4n) is 13.5. The number of ether oxygens (including phenoxy) is 3. The highest BCUT2D eigenvalue weighted by atomic mass is 31.2. The number of phosphoric acid groups is 1. The second-order valence-electron chi connectivity index (χ2n) is 28.9. The molecule has 33 nitrogen and oxygen atoms in total. The molecule has 0 saturated carbocycles. The number of benzene rings is 3. The van der Waals surface area contributed by atoms with Crippen LogP contribution in [0.25, 0.3) is 0 Å². The van der Waals surface area contributed by atoms with E-state index in [1.54, 1.807) is 91.4 Å². The molecule has 610 valence electrons. The van der Waals surface area contributed by atoms with E-state index in [1.165, 1.54) is 38.5 Å². The summed E-state index contributed by atoms with van der Waals surface area (Å²) in [6.45, 7) is 13.5. The minimum Gasteiger partial charge on any atom is -0.464 e. The predicted molar refractivity (Wildman–Crippen MR) is 409 cm³/mol. The zero-order valence-electron chi connectivity index (χ0n) is 65.6. The van der Waals surface area contributed by atoms with Crippen molar-refractivity contribution in [3.8, 4) is 0 Å². The second-order valence-corrected chi connectivity index (χ2v) is 30.4. The third kappa shape index (κ3) is 28.8. The molecule has 5 rings (SSSR count). The quantitative estimate of drug-likeness (QED) is 0.0219. The summed E-state index contributed by atoms with van der Waals surface area (Å²) in [7, 11) is 3.38. The van der Waals surface area contributed by atoms with Gasteiger partial charge in [0.1, 0.15) is 30.3 Å². The van der Waals surface area contributed by atoms with E-state index in [2.05, 4.69) is 47.9 Å². The van der Waals surface area contributed by atoms with Crippen molar-refractivity contribution in [3.05, 3.63) is 102 Å². The average Bonchev–Trinajstić information content (AvgIpc) is 1.65. The first-order valence-corrected chi connectivity index (χ1v) is 39.0. The molecule has 15 atom stereocenters. The van der Waals surface area contributed by atoms with Gasteiger partial charge in [0.15, 0.2) is 0 Å². The molecule has 14 N–H and O–H groups in total. The highest BCUT2D eigenvalue weighted by Crippen LogP contribution is 2.49. The van der Waals surface area contributed by atoms with Crippen molar-refractivity contribution in [1.29, 1.82) is 0 Å². The number of amides is 11. The summed E-state index contributed by atoms with van der Waals surface area (Å²) in [4.78, 5) is 177. The van der Waals surface area contributed by atoms with Crippen molar-refractivity contribution in [2.45, 2.75) is 199 Å². The molecule has 3 aromatic rings. The van der Waals surface area contributed by atoms with E-state index >= 15 is 0 Å². The van der Waals surface area contributed by atoms with Crippen LogP contribution < -0.4 is 59.3 Å². The van der Waals surface area contributed by atoms with Crippen LogP contribution in [0.3, 0.4) is 0 Å². The Kier molecular flexibility index (Phi) is 38.0. The fraction of sp³-hybridized carbons (Fsp3) is 0.605. The molecule has 2 saturated heterocycles. The Hall–Kier alpha value is -8.79. The van der Waals surface area contributed by atoms with Gasteiger partial charge in [0.05, 0.1) is 94.0 Å². The summed E-state index contributed by atoms with van der Waals surface area (Å²) in [5.74, 6) is -8.46. The average molecular weight is 1560 g/mol. The summed E-state index contributed by atoms with van der Waals surface area (Å²) in [6.07, 6.45) is -0.312. The number of nitrogens with two attached hydrogens (primary N) is 2. The van der Waals surface area contributed by atoms with Crippen molar-refractivity contribution in [3.63, 3.8) is 0 Å². The number of hydrogen-bond donors (Lipinski definition) is 12. The van der Waals surface area contributed by atoms with Gasteiger partial charge in [0.2, 0.25) is 65.0 Å². The number of methoxy groups -OCH3 is 2. The molecule has 0 spiro atoms. The standard InChI is InChI=1S/C76H117N14O19P/c1-14-47(6)67(89(11)75(101)65(45(2)3)87-74(100)66(46(4)5)88(9)10)59(105-12)40-64(95)90-36-23-29-58(90)68(106-13)48(7)70(96)82-49(8)69(52-26-19-16-20-27-52)109-110(103,104)108-44-51-30-32-53(33-31-51)83-62(93)43-81-73(99)57(38-50-24-17-15-18-25-50)85-63(94)42-79-61(92)41-80-72(98)55(28-21-22-35-77)86-71(97)54(78)39-60(91)84-56-34-37-107-76(56)102/h15-20,24-27,30-33,45-49,54-59,65-69H,14,21-23,28-29,34-44,77-78H2,1-13H3,(H,79,92)(H,80,98)(H,81,99)(H,82,96)(H,83,93)(H,84,91)(H,85,94)(H,86,97)(H,87,100)(H,103,104)/t47-,48+,49+,54-,55-,56-,57-,58-,59+,65-,66-,67-,68+,69+/m0/s1. The minimum atomic E-state index is -4.93. The predicted octanol–water partition coefficient (Wildman–Crippen LogP) is 1.99. The highest BCUT2D eigenvalue weighted by molar-refractivity contribution is 7.47. The zero-order chi connectivity index (χ0) is 81.5. The number of phosphoric ester groups is 1. The highest BCUT2D eigenvalue weighted by Gasteiger charge is 2.45. The Morgan fingerprint density at radius 3 is 1.89 bits per heavy atom. The maximum atomic E-state index is 14.6. The summed E-state index contributed by atoms with van der Waals surface area (Å²) in [5, 5.41) is 23.4. The van der Waals surface area contributed by atoms with Crippen molar-refractivity contribution in [2.75, 3.05) is 80.0 Å². The van der Waals surface area contributed by atoms with Crippen molar-refractivity contribution in [1.82, 2.24) is 57.2 Å². The van der Waals surface area contributed by atoms with Crippen LogP contribution in [0.1, 0.15) is 136 Å². The molecule has 2 aliphatic heterocycles. The van der Waals surface area contributed by atoms with Crippen LogP contribution >= 0.6 is 7.82 Å². The number of carbonyl (C=O) groups excluding carboxylic acids is 12. The number of carbonyl (C=O) groups is 12. The Bertz CT molecular complexity index is 3570. The largest absolute Gasteiger partial charge is 0.473 e. The third-order valence-electron chi connectivity index (χ3n) is 19.6. The van der Waals surface area contributed by atoms with E-state index in [0.29, 0.717) is 61.9 Å². The smallest absolute Gasteiger partial charge is 0.464 e. The number of anilines is 1. The van der Waals surface area contributed by atoms with Crippen LogP contribution in [0.15, 0.2) is 84.9 Å². The Morgan fingerprint density at radius 2 is 1.31 bits per heavy atom. The molecule has 2 fully saturated rings. The molecule has 2 heterocycles. The van der Waals surface area contributed by atoms with Gasteiger partial charge in [-0.1, -0.05) is 128 Å². The van der Waals surface area contributed by atoms with Crippen molar-refractivity contribution < 1.29 is 90.3 Å². The molecule has 0 radical (unpaired) electrons. The SMILES string of the molecule is CC[C@H](C)[C@@H]([C@@H](CC(=O)N1CCC[C@H]1[C@H](OC)[C@@H](C)C(=O)N[C@H](C)[C@@H](OP(=O)(O)OCc1ccc(NC(=O)CNC(=O)[C@H](Cc2ccccc2)NC(=O)CNC(=O)CNC(=O)[C@H](CCCCN)NC(=O)[C@@H](N)CC(=O)N[C@H]2CCOC2=O)cc1)c1ccccc1)OC)N(C)C(=O)[C@@H](NC(=O)[C@H](C(C)C)N(C)C)C(C)C. The lowest BCUT2D eigenvalue weighted by molar-refractivity contribution is -0.148. The van der Waals surface area contributed by atoms with Gasteiger partial charge in [-0.3, -0.25) is 66.7 Å².